The first-order chi connectivity index (χ1) is 5.49. The van der Waals surface area contributed by atoms with Crippen molar-refractivity contribution >= 4 is 10.1 Å². The Morgan fingerprint density at radius 2 is 2.00 bits per heavy atom. The minimum Gasteiger partial charge on any atom is -0.317 e. The summed E-state index contributed by atoms with van der Waals surface area (Å²) < 4.78 is 29.0. The highest BCUT2D eigenvalue weighted by Gasteiger charge is 2.21. The SMILES string of the molecule is [C-]#[N+]CCC(CS(=O)(=O)O)[N+]#[C-]. The van der Waals surface area contributed by atoms with Gasteiger partial charge in [0.25, 0.3) is 10.1 Å². The van der Waals surface area contributed by atoms with E-state index in [1.165, 1.54) is 0 Å². The molecule has 1 N–H and O–H groups in total. The van der Waals surface area contributed by atoms with Gasteiger partial charge in [-0.2, -0.15) is 8.42 Å². The van der Waals surface area contributed by atoms with Crippen molar-refractivity contribution in [1.29, 1.82) is 0 Å². The van der Waals surface area contributed by atoms with E-state index in [-0.39, 0.29) is 13.0 Å². The van der Waals surface area contributed by atoms with Crippen LogP contribution in [0, 0.1) is 13.1 Å². The van der Waals surface area contributed by atoms with Gasteiger partial charge in [-0.1, -0.05) is 0 Å². The van der Waals surface area contributed by atoms with Crippen LogP contribution in [0.25, 0.3) is 9.69 Å². The monoisotopic (exact) mass is 188 g/mol. The van der Waals surface area contributed by atoms with E-state index in [0.29, 0.717) is 0 Å². The fourth-order valence-electron chi connectivity index (χ4n) is 0.642. The molecule has 0 bridgehead atoms. The molecule has 66 valence electrons. The summed E-state index contributed by atoms with van der Waals surface area (Å²) in [4.78, 5) is 5.96. The van der Waals surface area contributed by atoms with Gasteiger partial charge in [0.15, 0.2) is 5.75 Å². The molecule has 6 heteroatoms. The van der Waals surface area contributed by atoms with Crippen LogP contribution < -0.4 is 0 Å². The Morgan fingerprint density at radius 3 is 2.33 bits per heavy atom. The van der Waals surface area contributed by atoms with Gasteiger partial charge in [0.05, 0.1) is 6.42 Å². The molecule has 0 radical (unpaired) electrons. The zero-order valence-corrected chi connectivity index (χ0v) is 7.08. The summed E-state index contributed by atoms with van der Waals surface area (Å²) >= 11 is 0. The summed E-state index contributed by atoms with van der Waals surface area (Å²) in [6.45, 7) is 13.1. The van der Waals surface area contributed by atoms with Crippen LogP contribution >= 0.6 is 0 Å². The Hall–Kier alpha value is -1.11. The van der Waals surface area contributed by atoms with E-state index in [2.05, 4.69) is 9.69 Å². The molecule has 0 aromatic carbocycles. The first-order valence-corrected chi connectivity index (χ1v) is 4.75. The Morgan fingerprint density at radius 1 is 1.42 bits per heavy atom. The van der Waals surface area contributed by atoms with Crippen molar-refractivity contribution < 1.29 is 13.0 Å². The van der Waals surface area contributed by atoms with Gasteiger partial charge in [-0.25, -0.2) is 13.1 Å². The van der Waals surface area contributed by atoms with Gasteiger partial charge < -0.3 is 9.69 Å². The fourth-order valence-corrected chi connectivity index (χ4v) is 1.37. The normalized spacial score (nSPS) is 12.9. The van der Waals surface area contributed by atoms with E-state index in [9.17, 15) is 8.42 Å². The van der Waals surface area contributed by atoms with Gasteiger partial charge in [0.1, 0.15) is 0 Å². The molecule has 0 fully saturated rings. The smallest absolute Gasteiger partial charge is 0.272 e. The zero-order valence-electron chi connectivity index (χ0n) is 6.27. The lowest BCUT2D eigenvalue weighted by Gasteiger charge is -1.97. The van der Waals surface area contributed by atoms with E-state index in [1.807, 2.05) is 0 Å². The van der Waals surface area contributed by atoms with Crippen molar-refractivity contribution in [1.82, 2.24) is 0 Å². The van der Waals surface area contributed by atoms with Crippen molar-refractivity contribution in [2.75, 3.05) is 12.3 Å². The van der Waals surface area contributed by atoms with E-state index < -0.39 is 21.9 Å². The molecule has 5 nitrogen and oxygen atoms in total. The van der Waals surface area contributed by atoms with E-state index in [1.54, 1.807) is 0 Å². The van der Waals surface area contributed by atoms with Crippen molar-refractivity contribution in [3.8, 4) is 0 Å². The lowest BCUT2D eigenvalue weighted by molar-refractivity contribution is 0.479. The molecule has 0 aromatic rings. The maximum atomic E-state index is 10.3. The van der Waals surface area contributed by atoms with Gasteiger partial charge in [-0.05, 0) is 0 Å². The van der Waals surface area contributed by atoms with Crippen LogP contribution in [0.2, 0.25) is 0 Å². The number of nitrogens with zero attached hydrogens (tertiary/aromatic N) is 2. The Balaban J connectivity index is 4.06. The molecular weight excluding hydrogens is 180 g/mol. The standard InChI is InChI=1S/C6H8N2O3S/c1-7-4-3-6(8-2)5-12(9,10)11/h6H,3-5H2,(H,9,10,11). The Bertz CT molecular complexity index is 309. The summed E-state index contributed by atoms with van der Waals surface area (Å²) in [6, 6.07) is -0.797. The Kier molecular flexibility index (Phi) is 4.27. The maximum absolute atomic E-state index is 10.3. The number of rotatable bonds is 4. The van der Waals surface area contributed by atoms with E-state index in [4.69, 9.17) is 17.7 Å². The van der Waals surface area contributed by atoms with Crippen LogP contribution in [0.1, 0.15) is 6.42 Å². The van der Waals surface area contributed by atoms with Crippen LogP contribution in [0.15, 0.2) is 0 Å². The third kappa shape index (κ3) is 5.66. The van der Waals surface area contributed by atoms with Crippen LogP contribution in [0.4, 0.5) is 0 Å². The highest BCUT2D eigenvalue weighted by atomic mass is 32.2. The lowest BCUT2D eigenvalue weighted by Crippen LogP contribution is -2.17. The van der Waals surface area contributed by atoms with Crippen molar-refractivity contribution in [3.05, 3.63) is 22.8 Å². The van der Waals surface area contributed by atoms with Gasteiger partial charge in [0, 0.05) is 0 Å². The third-order valence-electron chi connectivity index (χ3n) is 1.16. The van der Waals surface area contributed by atoms with Crippen molar-refractivity contribution in [2.45, 2.75) is 12.5 Å². The predicted octanol–water partition coefficient (Wildman–Crippen LogP) is 0.471. The van der Waals surface area contributed by atoms with Gasteiger partial charge >= 0.3 is 0 Å². The van der Waals surface area contributed by atoms with Gasteiger partial charge in [-0.3, -0.25) is 4.55 Å². The summed E-state index contributed by atoms with van der Waals surface area (Å²) in [5, 5.41) is 0. The highest BCUT2D eigenvalue weighted by Crippen LogP contribution is 2.01. The molecule has 0 aliphatic rings. The minimum atomic E-state index is -4.08. The zero-order chi connectivity index (χ0) is 9.61. The van der Waals surface area contributed by atoms with E-state index in [0.717, 1.165) is 0 Å². The molecule has 0 rings (SSSR count). The minimum absolute atomic E-state index is 0.114. The van der Waals surface area contributed by atoms with Crippen LogP contribution in [0.5, 0.6) is 0 Å². The highest BCUT2D eigenvalue weighted by molar-refractivity contribution is 7.85. The molecule has 1 atom stereocenters. The van der Waals surface area contributed by atoms with Crippen LogP contribution in [-0.2, 0) is 10.1 Å². The average molecular weight is 188 g/mol. The molecule has 0 heterocycles. The lowest BCUT2D eigenvalue weighted by atomic mass is 10.2. The molecule has 0 spiro atoms. The molecule has 0 aliphatic carbocycles. The first-order valence-electron chi connectivity index (χ1n) is 3.14. The second kappa shape index (κ2) is 4.70. The molecule has 0 aliphatic heterocycles. The van der Waals surface area contributed by atoms with Gasteiger partial charge in [-0.15, -0.1) is 0 Å². The first kappa shape index (κ1) is 10.9. The fraction of sp³-hybridized carbons (Fsp3) is 0.667. The maximum Gasteiger partial charge on any atom is 0.272 e. The number of hydrogen-bond donors (Lipinski definition) is 1. The van der Waals surface area contributed by atoms with Crippen LogP contribution in [-0.4, -0.2) is 31.3 Å². The topological polar surface area (TPSA) is 63.1 Å². The molecular formula is C6H8N2O3S. The summed E-state index contributed by atoms with van der Waals surface area (Å²) in [5.74, 6) is -0.577. The van der Waals surface area contributed by atoms with Crippen LogP contribution in [0.3, 0.4) is 0 Å². The molecule has 0 saturated carbocycles. The van der Waals surface area contributed by atoms with Crippen molar-refractivity contribution in [3.63, 3.8) is 0 Å². The molecule has 0 aromatic heterocycles. The second-order valence-electron chi connectivity index (χ2n) is 2.20. The Labute approximate surface area is 71.4 Å². The largest absolute Gasteiger partial charge is 0.317 e. The molecule has 12 heavy (non-hydrogen) atoms. The quantitative estimate of drug-likeness (QED) is 0.515. The number of hydrogen-bond acceptors (Lipinski definition) is 2. The summed E-state index contributed by atoms with van der Waals surface area (Å²) in [7, 11) is -4.08. The summed E-state index contributed by atoms with van der Waals surface area (Å²) in [5.41, 5.74) is 0. The summed E-state index contributed by atoms with van der Waals surface area (Å²) in [6.07, 6.45) is 0.187. The predicted molar refractivity (Wildman–Crippen MR) is 42.9 cm³/mol. The van der Waals surface area contributed by atoms with Gasteiger partial charge in [0.2, 0.25) is 12.6 Å². The molecule has 0 amide bonds. The molecule has 0 saturated heterocycles. The average Bonchev–Trinajstić information content (AvgIpc) is 1.95. The third-order valence-corrected chi connectivity index (χ3v) is 1.97. The van der Waals surface area contributed by atoms with Crippen molar-refractivity contribution in [2.24, 2.45) is 0 Å². The molecule has 1 unspecified atom stereocenters. The second-order valence-corrected chi connectivity index (χ2v) is 3.70. The van der Waals surface area contributed by atoms with E-state index >= 15 is 0 Å².